The molecule has 0 amide bonds. The molecule has 4 heterocycles. The Hall–Kier alpha value is 1.08. The van der Waals surface area contributed by atoms with Gasteiger partial charge < -0.3 is 46.2 Å². The van der Waals surface area contributed by atoms with Crippen molar-refractivity contribution in [2.24, 2.45) is 0 Å². The van der Waals surface area contributed by atoms with E-state index in [1.54, 1.807) is 32.7 Å². The van der Waals surface area contributed by atoms with Gasteiger partial charge in [0.15, 0.2) is 0 Å². The monoisotopic (exact) mass is 520 g/mol. The lowest BCUT2D eigenvalue weighted by Crippen LogP contribution is -2.79. The molecule has 0 radical (unpaired) electrons. The summed E-state index contributed by atoms with van der Waals surface area (Å²) in [5.74, 6) is 0. The van der Waals surface area contributed by atoms with Crippen LogP contribution in [-0.2, 0) is 46.2 Å². The van der Waals surface area contributed by atoms with E-state index in [0.717, 1.165) is 0 Å². The third-order valence-corrected chi connectivity index (χ3v) is 31.3. The zero-order chi connectivity index (χ0) is 20.9. The zero-order valence-corrected chi connectivity index (χ0v) is 24.6. The average Bonchev–Trinajstić information content (AvgIpc) is 2.24. The lowest BCUT2D eigenvalue weighted by Gasteiger charge is -2.56. The van der Waals surface area contributed by atoms with Crippen LogP contribution in [0.25, 0.3) is 0 Å². The third-order valence-electron chi connectivity index (χ3n) is 4.15. The molecule has 0 aromatic rings. The Kier molecular flexibility index (Phi) is 5.03. The number of hydrogen-bond acceptors (Lipinski definition) is 11. The largest absolute Gasteiger partial charge is 0.486 e. The van der Waals surface area contributed by atoms with Crippen molar-refractivity contribution < 1.29 is 46.2 Å². The molecule has 162 valence electrons. The molecule has 4 rings (SSSR count). The number of rotatable bonds is 0. The molecule has 6 unspecified atom stereocenters. The van der Waals surface area contributed by atoms with Crippen molar-refractivity contribution in [1.29, 1.82) is 0 Å². The Bertz CT molecular complexity index is 678. The summed E-state index contributed by atoms with van der Waals surface area (Å²) in [5, 5.41) is 0. The average molecular weight is 521 g/mol. The Morgan fingerprint density at radius 2 is 0.679 bits per heavy atom. The standard InChI is InChI=1S/C10H28O11Si7/c1-22(2)11-10-12-24(5)15-23(3,4)16-27(8)20-26(7,14-22)18-25(6,13-10)19-28(9,17-24)21-27/h10H,1-9H3. The van der Waals surface area contributed by atoms with Gasteiger partial charge >= 0.3 is 61.1 Å². The topological polar surface area (TPSA) is 102 Å². The first-order valence-corrected chi connectivity index (χ1v) is 25.8. The minimum Gasteiger partial charge on any atom is -0.395 e. The highest BCUT2D eigenvalue weighted by Crippen LogP contribution is 2.43. The maximum absolute atomic E-state index is 6.47. The fraction of sp³-hybridized carbons (Fsp3) is 1.00. The Morgan fingerprint density at radius 3 is 1.18 bits per heavy atom. The first kappa shape index (κ1) is 22.3. The van der Waals surface area contributed by atoms with Crippen LogP contribution in [-0.4, -0.2) is 67.6 Å². The van der Waals surface area contributed by atoms with Crippen LogP contribution in [0, 0.1) is 0 Å². The van der Waals surface area contributed by atoms with E-state index in [1.165, 1.54) is 0 Å². The molecule has 0 aromatic heterocycles. The molecule has 11 nitrogen and oxygen atoms in total. The summed E-state index contributed by atoms with van der Waals surface area (Å²) in [4.78, 5) is 0. The van der Waals surface area contributed by atoms with Gasteiger partial charge in [-0.25, -0.2) is 0 Å². The molecule has 0 N–H and O–H groups in total. The van der Waals surface area contributed by atoms with Crippen molar-refractivity contribution in [1.82, 2.24) is 0 Å². The summed E-state index contributed by atoms with van der Waals surface area (Å²) < 4.78 is 69.7. The van der Waals surface area contributed by atoms with Gasteiger partial charge in [-0.3, -0.25) is 0 Å². The summed E-state index contributed by atoms with van der Waals surface area (Å²) >= 11 is 0. The van der Waals surface area contributed by atoms with Crippen molar-refractivity contribution in [3.05, 3.63) is 0 Å². The van der Waals surface area contributed by atoms with E-state index in [4.69, 9.17) is 46.2 Å². The summed E-state index contributed by atoms with van der Waals surface area (Å²) in [7, 11) is -22.3. The normalized spacial score (nSPS) is 55.4. The zero-order valence-electron chi connectivity index (χ0n) is 17.6. The fourth-order valence-corrected chi connectivity index (χ4v) is 37.4. The van der Waals surface area contributed by atoms with Crippen LogP contribution in [0.4, 0.5) is 0 Å². The second-order valence-electron chi connectivity index (χ2n) is 8.57. The maximum Gasteiger partial charge on any atom is 0.486 e. The summed E-state index contributed by atoms with van der Waals surface area (Å²) in [6.45, 7) is 15.3. The summed E-state index contributed by atoms with van der Waals surface area (Å²) in [5.41, 5.74) is 0. The lowest BCUT2D eigenvalue weighted by molar-refractivity contribution is -0.211. The van der Waals surface area contributed by atoms with Gasteiger partial charge in [0.25, 0.3) is 6.48 Å². The van der Waals surface area contributed by atoms with Gasteiger partial charge in [0.1, 0.15) is 0 Å². The number of hydrogen-bond donors (Lipinski definition) is 0. The van der Waals surface area contributed by atoms with Gasteiger partial charge in [-0.1, -0.05) is 0 Å². The SMILES string of the molecule is C[Si]1(C)OC2O[Si]3(C)O[Si](C)(C)O[Si]4(C)O[Si](C)(O1)O[Si](C)(O2)O[Si](C)(O3)O4. The molecular weight excluding hydrogens is 493 g/mol. The van der Waals surface area contributed by atoms with E-state index >= 15 is 0 Å². The fourth-order valence-electron chi connectivity index (χ4n) is 4.05. The Balaban J connectivity index is 1.91. The highest BCUT2D eigenvalue weighted by atomic mass is 28.6. The van der Waals surface area contributed by atoms with Gasteiger partial charge in [-0.2, -0.15) is 0 Å². The van der Waals surface area contributed by atoms with Gasteiger partial charge in [-0.05, 0) is 26.2 Å². The van der Waals surface area contributed by atoms with E-state index < -0.39 is 67.6 Å². The second kappa shape index (κ2) is 6.32. The highest BCUT2D eigenvalue weighted by Gasteiger charge is 2.71. The van der Waals surface area contributed by atoms with E-state index in [1.807, 2.05) is 26.2 Å². The third kappa shape index (κ3) is 4.48. The highest BCUT2D eigenvalue weighted by molar-refractivity contribution is 6.95. The second-order valence-corrected chi connectivity index (χ2v) is 30.0. The molecule has 4 aliphatic heterocycles. The van der Waals surface area contributed by atoms with Crippen LogP contribution in [0.2, 0.25) is 58.9 Å². The molecule has 0 spiro atoms. The van der Waals surface area contributed by atoms with Crippen molar-refractivity contribution in [3.63, 3.8) is 0 Å². The Labute approximate surface area is 172 Å². The molecule has 0 aliphatic carbocycles. The first-order chi connectivity index (χ1) is 12.4. The van der Waals surface area contributed by atoms with E-state index in [0.29, 0.717) is 0 Å². The molecule has 0 saturated carbocycles. The molecule has 4 fully saturated rings. The molecule has 6 atom stereocenters. The molecule has 4 saturated heterocycles. The quantitative estimate of drug-likeness (QED) is 0.436. The molecule has 0 aromatic carbocycles. The summed E-state index contributed by atoms with van der Waals surface area (Å²) in [6, 6.07) is 0. The van der Waals surface area contributed by atoms with Crippen LogP contribution in [0.15, 0.2) is 0 Å². The minimum absolute atomic E-state index is 1.10. The van der Waals surface area contributed by atoms with Crippen LogP contribution >= 0.6 is 0 Å². The molecule has 18 heteroatoms. The molecule has 4 aliphatic rings. The van der Waals surface area contributed by atoms with Crippen molar-refractivity contribution in [2.75, 3.05) is 0 Å². The summed E-state index contributed by atoms with van der Waals surface area (Å²) in [6.07, 6.45) is 0. The van der Waals surface area contributed by atoms with E-state index in [2.05, 4.69) is 0 Å². The van der Waals surface area contributed by atoms with Crippen molar-refractivity contribution in [3.8, 4) is 0 Å². The van der Waals surface area contributed by atoms with Crippen LogP contribution in [0.5, 0.6) is 0 Å². The van der Waals surface area contributed by atoms with Gasteiger partial charge in [0.05, 0.1) is 0 Å². The van der Waals surface area contributed by atoms with Crippen LogP contribution < -0.4 is 0 Å². The van der Waals surface area contributed by atoms with E-state index in [9.17, 15) is 0 Å². The number of fused-ring (bicyclic) bond motifs is 4. The molecular formula is C10H28O11Si7. The van der Waals surface area contributed by atoms with Gasteiger partial charge in [0, 0.05) is 32.7 Å². The smallest absolute Gasteiger partial charge is 0.395 e. The Morgan fingerprint density at radius 1 is 0.357 bits per heavy atom. The first-order valence-electron chi connectivity index (χ1n) is 9.09. The van der Waals surface area contributed by atoms with Crippen molar-refractivity contribution >= 4 is 61.1 Å². The van der Waals surface area contributed by atoms with Gasteiger partial charge in [0.2, 0.25) is 0 Å². The van der Waals surface area contributed by atoms with Crippen LogP contribution in [0.1, 0.15) is 0 Å². The van der Waals surface area contributed by atoms with E-state index in [-0.39, 0.29) is 0 Å². The predicted molar refractivity (Wildman–Crippen MR) is 109 cm³/mol. The minimum atomic E-state index is -3.36. The molecule has 6 bridgehead atoms. The lowest BCUT2D eigenvalue weighted by atomic mass is 11.4. The van der Waals surface area contributed by atoms with Gasteiger partial charge in [-0.15, -0.1) is 0 Å². The molecule has 28 heavy (non-hydrogen) atoms. The van der Waals surface area contributed by atoms with Crippen molar-refractivity contribution in [2.45, 2.75) is 65.4 Å². The van der Waals surface area contributed by atoms with Crippen LogP contribution in [0.3, 0.4) is 0 Å². The maximum atomic E-state index is 6.47. The predicted octanol–water partition coefficient (Wildman–Crippen LogP) is 1.75.